The molecule has 0 radical (unpaired) electrons. The van der Waals surface area contributed by atoms with E-state index in [9.17, 15) is 8.42 Å². The second-order valence-corrected chi connectivity index (χ2v) is 7.82. The van der Waals surface area contributed by atoms with Crippen LogP contribution < -0.4 is 5.32 Å². The molecule has 7 heteroatoms. The first kappa shape index (κ1) is 14.9. The molecule has 0 aliphatic carbocycles. The summed E-state index contributed by atoms with van der Waals surface area (Å²) in [6, 6.07) is 0.218. The summed E-state index contributed by atoms with van der Waals surface area (Å²) >= 11 is 1.59. The molecule has 2 atom stereocenters. The molecule has 2 unspecified atom stereocenters. The van der Waals surface area contributed by atoms with Crippen LogP contribution in [0.5, 0.6) is 0 Å². The number of hydrogen-bond acceptors (Lipinski definition) is 5. The van der Waals surface area contributed by atoms with Crippen LogP contribution in [0.1, 0.15) is 31.0 Å². The van der Waals surface area contributed by atoms with Crippen LogP contribution in [0.4, 0.5) is 0 Å². The van der Waals surface area contributed by atoms with Crippen LogP contribution in [0, 0.1) is 5.92 Å². The Labute approximate surface area is 119 Å². The maximum absolute atomic E-state index is 11.6. The van der Waals surface area contributed by atoms with Crippen LogP contribution >= 0.6 is 11.3 Å². The summed E-state index contributed by atoms with van der Waals surface area (Å²) in [5.41, 5.74) is 2.90. The van der Waals surface area contributed by atoms with Gasteiger partial charge in [-0.3, -0.25) is 0 Å². The maximum atomic E-state index is 11.6. The molecule has 5 nitrogen and oxygen atoms in total. The van der Waals surface area contributed by atoms with Gasteiger partial charge < -0.3 is 5.32 Å². The number of nitrogens with one attached hydrogen (secondary N) is 1. The molecule has 0 saturated carbocycles. The van der Waals surface area contributed by atoms with Crippen LogP contribution in [0.2, 0.25) is 0 Å². The lowest BCUT2D eigenvalue weighted by atomic mass is 9.91. The minimum Gasteiger partial charge on any atom is -0.312 e. The minimum atomic E-state index is -3.06. The number of sulfonamides is 1. The summed E-state index contributed by atoms with van der Waals surface area (Å²) in [5.74, 6) is 0.405. The molecular weight excluding hydrogens is 282 g/mol. The molecule has 0 amide bonds. The Bertz CT molecular complexity index is 487. The van der Waals surface area contributed by atoms with E-state index in [0.717, 1.165) is 25.0 Å². The van der Waals surface area contributed by atoms with Crippen molar-refractivity contribution >= 4 is 21.4 Å². The van der Waals surface area contributed by atoms with E-state index in [2.05, 4.69) is 15.7 Å². The highest BCUT2D eigenvalue weighted by atomic mass is 32.2. The van der Waals surface area contributed by atoms with Crippen molar-refractivity contribution in [2.75, 3.05) is 26.4 Å². The molecule has 108 valence electrons. The molecule has 2 rings (SSSR count). The van der Waals surface area contributed by atoms with Crippen molar-refractivity contribution in [3.8, 4) is 0 Å². The van der Waals surface area contributed by atoms with E-state index >= 15 is 0 Å². The number of nitrogens with zero attached hydrogens (tertiary/aromatic N) is 2. The topological polar surface area (TPSA) is 62.3 Å². The number of aromatic nitrogens is 1. The predicted octanol–water partition coefficient (Wildman–Crippen LogP) is 1.47. The van der Waals surface area contributed by atoms with E-state index in [4.69, 9.17) is 0 Å². The normalized spacial score (nSPS) is 23.4. The van der Waals surface area contributed by atoms with Crippen molar-refractivity contribution in [1.82, 2.24) is 14.6 Å². The molecule has 19 heavy (non-hydrogen) atoms. The fourth-order valence-corrected chi connectivity index (χ4v) is 4.18. The third kappa shape index (κ3) is 3.98. The van der Waals surface area contributed by atoms with Crippen molar-refractivity contribution < 1.29 is 8.42 Å². The van der Waals surface area contributed by atoms with Gasteiger partial charge in [-0.05, 0) is 32.2 Å². The summed E-state index contributed by atoms with van der Waals surface area (Å²) in [6.07, 6.45) is 4.27. The summed E-state index contributed by atoms with van der Waals surface area (Å²) in [5, 5.41) is 5.34. The van der Waals surface area contributed by atoms with Gasteiger partial charge in [-0.15, -0.1) is 11.3 Å². The highest BCUT2D eigenvalue weighted by Gasteiger charge is 2.28. The molecule has 0 bridgehead atoms. The van der Waals surface area contributed by atoms with Crippen molar-refractivity contribution in [3.05, 3.63) is 16.6 Å². The largest absolute Gasteiger partial charge is 0.312 e. The number of hydrogen-bond donors (Lipinski definition) is 1. The van der Waals surface area contributed by atoms with Crippen LogP contribution in [-0.4, -0.2) is 44.1 Å². The summed E-state index contributed by atoms with van der Waals surface area (Å²) < 4.78 is 24.8. The van der Waals surface area contributed by atoms with Gasteiger partial charge in [0.05, 0.1) is 23.5 Å². The number of piperidine rings is 1. The van der Waals surface area contributed by atoms with Gasteiger partial charge in [0.2, 0.25) is 10.0 Å². The first-order chi connectivity index (χ1) is 9.00. The Balaban J connectivity index is 1.98. The molecule has 1 N–H and O–H groups in total. The lowest BCUT2D eigenvalue weighted by molar-refractivity contribution is 0.240. The second-order valence-electron chi connectivity index (χ2n) is 5.12. The van der Waals surface area contributed by atoms with E-state index in [-0.39, 0.29) is 6.04 Å². The van der Waals surface area contributed by atoms with Gasteiger partial charge in [0.15, 0.2) is 0 Å². The maximum Gasteiger partial charge on any atom is 0.211 e. The van der Waals surface area contributed by atoms with E-state index in [1.54, 1.807) is 15.6 Å². The van der Waals surface area contributed by atoms with Gasteiger partial charge in [0.25, 0.3) is 0 Å². The minimum absolute atomic E-state index is 0.218. The smallest absolute Gasteiger partial charge is 0.211 e. The molecule has 2 heterocycles. The lowest BCUT2D eigenvalue weighted by Crippen LogP contribution is -2.40. The van der Waals surface area contributed by atoms with Gasteiger partial charge in [-0.25, -0.2) is 17.7 Å². The van der Waals surface area contributed by atoms with Crippen molar-refractivity contribution in [1.29, 1.82) is 0 Å². The Kier molecular flexibility index (Phi) is 4.94. The molecule has 1 fully saturated rings. The van der Waals surface area contributed by atoms with E-state index < -0.39 is 10.0 Å². The third-order valence-electron chi connectivity index (χ3n) is 3.68. The standard InChI is InChI=1S/C12H21N3O2S2/c1-13-11(12-8-18-9-14-12)6-10-4-3-5-15(7-10)19(2,16)17/h8-11,13H,3-7H2,1-2H3. The Hall–Kier alpha value is -0.500. The molecule has 1 aromatic rings. The highest BCUT2D eigenvalue weighted by Crippen LogP contribution is 2.28. The van der Waals surface area contributed by atoms with Gasteiger partial charge in [0.1, 0.15) is 0 Å². The lowest BCUT2D eigenvalue weighted by Gasteiger charge is -2.32. The zero-order valence-electron chi connectivity index (χ0n) is 11.4. The first-order valence-corrected chi connectivity index (χ1v) is 9.30. The van der Waals surface area contributed by atoms with Crippen molar-refractivity contribution in [2.45, 2.75) is 25.3 Å². The van der Waals surface area contributed by atoms with Gasteiger partial charge >= 0.3 is 0 Å². The quantitative estimate of drug-likeness (QED) is 0.894. The molecule has 0 spiro atoms. The molecular formula is C12H21N3O2S2. The Morgan fingerprint density at radius 2 is 2.42 bits per heavy atom. The SMILES string of the molecule is CNC(CC1CCCN(S(C)(=O)=O)C1)c1cscn1. The van der Waals surface area contributed by atoms with Gasteiger partial charge in [-0.1, -0.05) is 0 Å². The number of rotatable bonds is 5. The van der Waals surface area contributed by atoms with Crippen LogP contribution in [0.15, 0.2) is 10.9 Å². The molecule has 1 aliphatic heterocycles. The summed E-state index contributed by atoms with van der Waals surface area (Å²) in [4.78, 5) is 4.34. The Morgan fingerprint density at radius 3 is 3.00 bits per heavy atom. The molecule has 1 aliphatic rings. The van der Waals surface area contributed by atoms with E-state index in [1.165, 1.54) is 6.26 Å². The van der Waals surface area contributed by atoms with Crippen molar-refractivity contribution in [3.63, 3.8) is 0 Å². The van der Waals surface area contributed by atoms with Crippen LogP contribution in [0.25, 0.3) is 0 Å². The fourth-order valence-electron chi connectivity index (χ4n) is 2.63. The zero-order valence-corrected chi connectivity index (χ0v) is 13.0. The van der Waals surface area contributed by atoms with Gasteiger partial charge in [0, 0.05) is 18.5 Å². The van der Waals surface area contributed by atoms with E-state index in [1.807, 2.05) is 12.6 Å². The van der Waals surface area contributed by atoms with Crippen LogP contribution in [-0.2, 0) is 10.0 Å². The van der Waals surface area contributed by atoms with Crippen molar-refractivity contribution in [2.24, 2.45) is 5.92 Å². The first-order valence-electron chi connectivity index (χ1n) is 6.51. The monoisotopic (exact) mass is 303 g/mol. The molecule has 0 aromatic carbocycles. The summed E-state index contributed by atoms with van der Waals surface area (Å²) in [7, 11) is -1.12. The fraction of sp³-hybridized carbons (Fsp3) is 0.750. The number of thiazole rings is 1. The third-order valence-corrected chi connectivity index (χ3v) is 5.55. The molecule has 1 saturated heterocycles. The van der Waals surface area contributed by atoms with Gasteiger partial charge in [-0.2, -0.15) is 0 Å². The predicted molar refractivity (Wildman–Crippen MR) is 77.7 cm³/mol. The van der Waals surface area contributed by atoms with E-state index in [0.29, 0.717) is 19.0 Å². The average molecular weight is 303 g/mol. The second kappa shape index (κ2) is 6.30. The summed E-state index contributed by atoms with van der Waals surface area (Å²) in [6.45, 7) is 1.30. The zero-order chi connectivity index (χ0) is 13.9. The Morgan fingerprint density at radius 1 is 1.63 bits per heavy atom. The molecule has 1 aromatic heterocycles. The van der Waals surface area contributed by atoms with Crippen LogP contribution in [0.3, 0.4) is 0 Å². The average Bonchev–Trinajstić information content (AvgIpc) is 2.89. The highest BCUT2D eigenvalue weighted by molar-refractivity contribution is 7.88.